The number of ether oxygens (including phenoxy) is 1. The Morgan fingerprint density at radius 1 is 1.19 bits per heavy atom. The third kappa shape index (κ3) is 4.06. The van der Waals surface area contributed by atoms with Crippen LogP contribution in [-0.4, -0.2) is 43.9 Å². The highest BCUT2D eigenvalue weighted by atomic mass is 16.6. The van der Waals surface area contributed by atoms with E-state index in [1.165, 1.54) is 12.1 Å². The molecule has 0 radical (unpaired) electrons. The zero-order valence-corrected chi connectivity index (χ0v) is 17.6. The van der Waals surface area contributed by atoms with Crippen molar-refractivity contribution in [1.29, 1.82) is 0 Å². The quantitative estimate of drug-likeness (QED) is 0.260. The number of aromatic nitrogens is 4. The fraction of sp³-hybridized carbons (Fsp3) is 0.136. The van der Waals surface area contributed by atoms with Crippen LogP contribution in [0.5, 0.6) is 5.88 Å². The van der Waals surface area contributed by atoms with Gasteiger partial charge in [0.1, 0.15) is 5.69 Å². The Morgan fingerprint density at radius 2 is 1.94 bits per heavy atom. The number of rotatable bonds is 6. The predicted molar refractivity (Wildman–Crippen MR) is 121 cm³/mol. The lowest BCUT2D eigenvalue weighted by Gasteiger charge is -2.05. The highest BCUT2D eigenvalue weighted by molar-refractivity contribution is 5.98. The Kier molecular flexibility index (Phi) is 5.67. The zero-order valence-electron chi connectivity index (χ0n) is 17.6. The molecule has 0 aliphatic heterocycles. The topological polar surface area (TPSA) is 121 Å². The van der Waals surface area contributed by atoms with Gasteiger partial charge >= 0.3 is 0 Å². The standard InChI is InChI=1S/C22H19N7O3/c1-14(21-15(2)28(27-26-21)18-8-10-19(11-9-18)29(30)31)25-23-13-17-12-16-6-4-5-7-20(16)24-22(17)32-3/h4-13H,1-3H3/b23-13+,25-14+. The first-order valence-corrected chi connectivity index (χ1v) is 9.67. The van der Waals surface area contributed by atoms with Gasteiger partial charge in [0.05, 0.1) is 46.4 Å². The van der Waals surface area contributed by atoms with E-state index in [-0.39, 0.29) is 5.69 Å². The summed E-state index contributed by atoms with van der Waals surface area (Å²) in [7, 11) is 1.56. The van der Waals surface area contributed by atoms with Crippen molar-refractivity contribution in [1.82, 2.24) is 20.0 Å². The summed E-state index contributed by atoms with van der Waals surface area (Å²) in [5.74, 6) is 0.459. The summed E-state index contributed by atoms with van der Waals surface area (Å²) >= 11 is 0. The van der Waals surface area contributed by atoms with E-state index in [4.69, 9.17) is 4.74 Å². The van der Waals surface area contributed by atoms with Gasteiger partial charge in [0.25, 0.3) is 5.69 Å². The first kappa shape index (κ1) is 20.8. The number of nitrogens with zero attached hydrogens (tertiary/aromatic N) is 7. The predicted octanol–water partition coefficient (Wildman–Crippen LogP) is 3.88. The lowest BCUT2D eigenvalue weighted by molar-refractivity contribution is -0.384. The molecule has 32 heavy (non-hydrogen) atoms. The zero-order chi connectivity index (χ0) is 22.7. The Hall–Kier alpha value is -4.47. The number of nitro groups is 1. The minimum Gasteiger partial charge on any atom is -0.481 e. The molecule has 0 aliphatic rings. The van der Waals surface area contributed by atoms with Crippen LogP contribution in [-0.2, 0) is 0 Å². The molecule has 4 rings (SSSR count). The maximum atomic E-state index is 10.8. The van der Waals surface area contributed by atoms with Gasteiger partial charge < -0.3 is 4.74 Å². The molecule has 0 fully saturated rings. The number of fused-ring (bicyclic) bond motifs is 1. The highest BCUT2D eigenvalue weighted by Gasteiger charge is 2.14. The van der Waals surface area contributed by atoms with Gasteiger partial charge in [-0.3, -0.25) is 10.1 Å². The number of nitro benzene ring substituents is 1. The molecule has 2 aromatic carbocycles. The average Bonchev–Trinajstić information content (AvgIpc) is 3.19. The lowest BCUT2D eigenvalue weighted by atomic mass is 10.1. The molecule has 4 aromatic rings. The van der Waals surface area contributed by atoms with Crippen LogP contribution < -0.4 is 4.74 Å². The number of pyridine rings is 1. The van der Waals surface area contributed by atoms with E-state index in [2.05, 4.69) is 25.5 Å². The third-order valence-corrected chi connectivity index (χ3v) is 4.86. The van der Waals surface area contributed by atoms with Gasteiger partial charge in [-0.1, -0.05) is 23.4 Å². The average molecular weight is 429 g/mol. The molecule has 10 heteroatoms. The van der Waals surface area contributed by atoms with E-state index in [0.717, 1.165) is 16.6 Å². The minimum atomic E-state index is -0.446. The molecule has 0 aliphatic carbocycles. The van der Waals surface area contributed by atoms with Crippen LogP contribution in [0.4, 0.5) is 5.69 Å². The number of methoxy groups -OCH3 is 1. The van der Waals surface area contributed by atoms with Crippen molar-refractivity contribution in [3.8, 4) is 11.6 Å². The number of non-ortho nitro benzene ring substituents is 1. The Balaban J connectivity index is 1.59. The van der Waals surface area contributed by atoms with Gasteiger partial charge in [0, 0.05) is 17.5 Å². The number of hydrogen-bond donors (Lipinski definition) is 0. The van der Waals surface area contributed by atoms with E-state index < -0.39 is 4.92 Å². The largest absolute Gasteiger partial charge is 0.481 e. The fourth-order valence-electron chi connectivity index (χ4n) is 3.22. The minimum absolute atomic E-state index is 0.0115. The summed E-state index contributed by atoms with van der Waals surface area (Å²) in [4.78, 5) is 14.9. The smallest absolute Gasteiger partial charge is 0.269 e. The van der Waals surface area contributed by atoms with Crippen LogP contribution >= 0.6 is 0 Å². The lowest BCUT2D eigenvalue weighted by Crippen LogP contribution is -2.02. The summed E-state index contributed by atoms with van der Waals surface area (Å²) in [6.45, 7) is 3.63. The monoisotopic (exact) mass is 429 g/mol. The summed E-state index contributed by atoms with van der Waals surface area (Å²) in [5.41, 5.74) is 4.09. The maximum absolute atomic E-state index is 10.8. The van der Waals surface area contributed by atoms with Gasteiger partial charge in [0.15, 0.2) is 0 Å². The summed E-state index contributed by atoms with van der Waals surface area (Å²) in [5, 5.41) is 28.6. The molecule has 0 N–H and O–H groups in total. The SMILES string of the molecule is COc1nc2ccccc2cc1/C=N/N=C(\C)c1nnn(-c2ccc([N+](=O)[O-])cc2)c1C. The van der Waals surface area contributed by atoms with Crippen LogP contribution in [0.1, 0.15) is 23.9 Å². The molecule has 160 valence electrons. The van der Waals surface area contributed by atoms with Gasteiger partial charge in [0.2, 0.25) is 5.88 Å². The third-order valence-electron chi connectivity index (χ3n) is 4.86. The van der Waals surface area contributed by atoms with Crippen LogP contribution in [0.15, 0.2) is 64.8 Å². The Bertz CT molecular complexity index is 1360. The van der Waals surface area contributed by atoms with Crippen molar-refractivity contribution in [3.63, 3.8) is 0 Å². The van der Waals surface area contributed by atoms with E-state index in [1.807, 2.05) is 37.3 Å². The molecule has 2 heterocycles. The molecule has 0 saturated carbocycles. The molecule has 0 bridgehead atoms. The van der Waals surface area contributed by atoms with Crippen molar-refractivity contribution < 1.29 is 9.66 Å². The van der Waals surface area contributed by atoms with Crippen LogP contribution in [0.3, 0.4) is 0 Å². The van der Waals surface area contributed by atoms with Crippen LogP contribution in [0, 0.1) is 17.0 Å². The molecule has 0 unspecified atom stereocenters. The van der Waals surface area contributed by atoms with Crippen LogP contribution in [0.25, 0.3) is 16.6 Å². The molecular weight excluding hydrogens is 410 g/mol. The van der Waals surface area contributed by atoms with E-state index in [9.17, 15) is 10.1 Å². The Labute approximate surface area is 183 Å². The molecular formula is C22H19N7O3. The van der Waals surface area contributed by atoms with Gasteiger partial charge in [-0.05, 0) is 38.1 Å². The van der Waals surface area contributed by atoms with Crippen molar-refractivity contribution in [2.24, 2.45) is 10.2 Å². The first-order chi connectivity index (χ1) is 15.5. The van der Waals surface area contributed by atoms with Crippen molar-refractivity contribution in [2.45, 2.75) is 13.8 Å². The molecule has 0 atom stereocenters. The highest BCUT2D eigenvalue weighted by Crippen LogP contribution is 2.21. The summed E-state index contributed by atoms with van der Waals surface area (Å²) < 4.78 is 6.97. The number of para-hydroxylation sites is 1. The molecule has 0 amide bonds. The number of benzene rings is 2. The Morgan fingerprint density at radius 3 is 2.66 bits per heavy atom. The summed E-state index contributed by atoms with van der Waals surface area (Å²) in [6.07, 6.45) is 1.58. The van der Waals surface area contributed by atoms with Crippen molar-refractivity contribution >= 4 is 28.5 Å². The van der Waals surface area contributed by atoms with E-state index >= 15 is 0 Å². The fourth-order valence-corrected chi connectivity index (χ4v) is 3.22. The second-order valence-corrected chi connectivity index (χ2v) is 6.92. The number of hydrogen-bond acceptors (Lipinski definition) is 8. The second-order valence-electron chi connectivity index (χ2n) is 6.92. The summed E-state index contributed by atoms with van der Waals surface area (Å²) in [6, 6.07) is 15.8. The van der Waals surface area contributed by atoms with Crippen molar-refractivity contribution in [2.75, 3.05) is 7.11 Å². The van der Waals surface area contributed by atoms with E-state index in [1.54, 1.807) is 37.1 Å². The van der Waals surface area contributed by atoms with Gasteiger partial charge in [-0.2, -0.15) is 10.2 Å². The normalized spacial score (nSPS) is 11.9. The second kappa shape index (κ2) is 8.72. The molecule has 0 spiro atoms. The molecule has 2 aromatic heterocycles. The maximum Gasteiger partial charge on any atom is 0.269 e. The van der Waals surface area contributed by atoms with E-state index in [0.29, 0.717) is 28.5 Å². The first-order valence-electron chi connectivity index (χ1n) is 9.67. The molecule has 0 saturated heterocycles. The van der Waals surface area contributed by atoms with Crippen molar-refractivity contribution in [3.05, 3.63) is 81.7 Å². The van der Waals surface area contributed by atoms with Crippen LogP contribution in [0.2, 0.25) is 0 Å². The van der Waals surface area contributed by atoms with Gasteiger partial charge in [-0.25, -0.2) is 9.67 Å². The molecule has 10 nitrogen and oxygen atoms in total. The van der Waals surface area contributed by atoms with Gasteiger partial charge in [-0.15, -0.1) is 5.10 Å².